The fraction of sp³-hybridized carbons (Fsp3) is 0.526. The average molecular weight is 358 g/mol. The van der Waals surface area contributed by atoms with Crippen molar-refractivity contribution in [1.29, 1.82) is 0 Å². The highest BCUT2D eigenvalue weighted by Gasteiger charge is 2.30. The number of amides is 2. The SMILES string of the molecule is CC(C)CCC(=O)N1CCn2cc(C(=O)NCc3ccco3)nc2[C@H]1C. The van der Waals surface area contributed by atoms with Crippen molar-refractivity contribution in [3.05, 3.63) is 41.9 Å². The molecule has 2 amide bonds. The van der Waals surface area contributed by atoms with E-state index >= 15 is 0 Å². The molecule has 3 heterocycles. The van der Waals surface area contributed by atoms with E-state index in [1.165, 1.54) is 0 Å². The quantitative estimate of drug-likeness (QED) is 0.861. The number of nitrogens with one attached hydrogen (secondary N) is 1. The number of carbonyl (C=O) groups is 2. The Bertz CT molecular complexity index is 764. The smallest absolute Gasteiger partial charge is 0.271 e. The van der Waals surface area contributed by atoms with Crippen molar-refractivity contribution in [2.75, 3.05) is 6.54 Å². The van der Waals surface area contributed by atoms with Gasteiger partial charge in [-0.3, -0.25) is 9.59 Å². The van der Waals surface area contributed by atoms with Crippen molar-refractivity contribution >= 4 is 11.8 Å². The summed E-state index contributed by atoms with van der Waals surface area (Å²) in [7, 11) is 0. The van der Waals surface area contributed by atoms with Crippen molar-refractivity contribution in [2.24, 2.45) is 5.92 Å². The van der Waals surface area contributed by atoms with Gasteiger partial charge in [-0.05, 0) is 31.4 Å². The van der Waals surface area contributed by atoms with E-state index in [1.54, 1.807) is 24.6 Å². The highest BCUT2D eigenvalue weighted by atomic mass is 16.3. The normalized spacial score (nSPS) is 16.6. The molecular weight excluding hydrogens is 332 g/mol. The van der Waals surface area contributed by atoms with Crippen LogP contribution in [0.1, 0.15) is 61.7 Å². The molecule has 140 valence electrons. The zero-order valence-corrected chi connectivity index (χ0v) is 15.6. The molecule has 0 bridgehead atoms. The Hall–Kier alpha value is -2.57. The summed E-state index contributed by atoms with van der Waals surface area (Å²) >= 11 is 0. The van der Waals surface area contributed by atoms with E-state index in [0.717, 1.165) is 12.2 Å². The molecule has 0 spiro atoms. The van der Waals surface area contributed by atoms with Crippen LogP contribution in [0.4, 0.5) is 0 Å². The second kappa shape index (κ2) is 7.76. The highest BCUT2D eigenvalue weighted by molar-refractivity contribution is 5.92. The maximum Gasteiger partial charge on any atom is 0.271 e. The Morgan fingerprint density at radius 1 is 1.38 bits per heavy atom. The predicted octanol–water partition coefficient (Wildman–Crippen LogP) is 2.75. The predicted molar refractivity (Wildman–Crippen MR) is 96.3 cm³/mol. The molecule has 0 saturated heterocycles. The monoisotopic (exact) mass is 358 g/mol. The lowest BCUT2D eigenvalue weighted by Gasteiger charge is -2.34. The van der Waals surface area contributed by atoms with Crippen LogP contribution in [0.2, 0.25) is 0 Å². The maximum absolute atomic E-state index is 12.5. The van der Waals surface area contributed by atoms with E-state index in [0.29, 0.717) is 43.4 Å². The molecule has 26 heavy (non-hydrogen) atoms. The summed E-state index contributed by atoms with van der Waals surface area (Å²) in [6, 6.07) is 3.46. The van der Waals surface area contributed by atoms with Crippen LogP contribution in [0.3, 0.4) is 0 Å². The van der Waals surface area contributed by atoms with Crippen LogP contribution in [0, 0.1) is 5.92 Å². The summed E-state index contributed by atoms with van der Waals surface area (Å²) in [5.74, 6) is 1.87. The van der Waals surface area contributed by atoms with E-state index in [2.05, 4.69) is 24.1 Å². The molecule has 7 heteroatoms. The third-order valence-electron chi connectivity index (χ3n) is 4.72. The molecular formula is C19H26N4O3. The molecule has 2 aromatic heterocycles. The van der Waals surface area contributed by atoms with Gasteiger partial charge in [0.2, 0.25) is 5.91 Å². The molecule has 0 fully saturated rings. The standard InChI is InChI=1S/C19H26N4O3/c1-13(2)6-7-17(24)23-9-8-22-12-16(21-18(22)14(23)3)19(25)20-11-15-5-4-10-26-15/h4-5,10,12-14H,6-9,11H2,1-3H3,(H,20,25)/t14-/m1/s1. The summed E-state index contributed by atoms with van der Waals surface area (Å²) in [5, 5.41) is 2.80. The highest BCUT2D eigenvalue weighted by Crippen LogP contribution is 2.26. The van der Waals surface area contributed by atoms with Crippen molar-refractivity contribution in [2.45, 2.75) is 52.7 Å². The van der Waals surface area contributed by atoms with Gasteiger partial charge in [0.1, 0.15) is 17.3 Å². The maximum atomic E-state index is 12.5. The zero-order valence-electron chi connectivity index (χ0n) is 15.6. The Kier molecular flexibility index (Phi) is 5.44. The lowest BCUT2D eigenvalue weighted by atomic mass is 10.1. The van der Waals surface area contributed by atoms with Crippen molar-refractivity contribution in [3.8, 4) is 0 Å². The van der Waals surface area contributed by atoms with E-state index in [-0.39, 0.29) is 17.9 Å². The van der Waals surface area contributed by atoms with E-state index in [4.69, 9.17) is 4.42 Å². The summed E-state index contributed by atoms with van der Waals surface area (Å²) in [4.78, 5) is 31.2. The van der Waals surface area contributed by atoms with Gasteiger partial charge >= 0.3 is 0 Å². The first-order valence-electron chi connectivity index (χ1n) is 9.13. The lowest BCUT2D eigenvalue weighted by Crippen LogP contribution is -2.41. The fourth-order valence-corrected chi connectivity index (χ4v) is 3.17. The average Bonchev–Trinajstić information content (AvgIpc) is 3.27. The molecule has 7 nitrogen and oxygen atoms in total. The third-order valence-corrected chi connectivity index (χ3v) is 4.72. The zero-order chi connectivity index (χ0) is 18.7. The van der Waals surface area contributed by atoms with Gasteiger partial charge in [-0.25, -0.2) is 4.98 Å². The molecule has 1 aliphatic heterocycles. The fourth-order valence-electron chi connectivity index (χ4n) is 3.17. The van der Waals surface area contributed by atoms with E-state index in [1.807, 2.05) is 16.4 Å². The van der Waals surface area contributed by atoms with Crippen molar-refractivity contribution < 1.29 is 14.0 Å². The molecule has 0 saturated carbocycles. The van der Waals surface area contributed by atoms with Crippen molar-refractivity contribution in [3.63, 3.8) is 0 Å². The van der Waals surface area contributed by atoms with Crippen LogP contribution in [0.5, 0.6) is 0 Å². The number of rotatable bonds is 6. The van der Waals surface area contributed by atoms with Gasteiger partial charge in [-0.2, -0.15) is 0 Å². The lowest BCUT2D eigenvalue weighted by molar-refractivity contribution is -0.134. The second-order valence-electron chi connectivity index (χ2n) is 7.14. The number of hydrogen-bond donors (Lipinski definition) is 1. The molecule has 0 aromatic carbocycles. The molecule has 1 atom stereocenters. The molecule has 0 unspecified atom stereocenters. The van der Waals surface area contributed by atoms with Crippen LogP contribution in [-0.2, 0) is 17.9 Å². The Balaban J connectivity index is 1.65. The van der Waals surface area contributed by atoms with Gasteiger partial charge < -0.3 is 19.2 Å². The van der Waals surface area contributed by atoms with Crippen LogP contribution in [0.25, 0.3) is 0 Å². The van der Waals surface area contributed by atoms with Crippen molar-refractivity contribution in [1.82, 2.24) is 19.8 Å². The topological polar surface area (TPSA) is 80.4 Å². The van der Waals surface area contributed by atoms with E-state index in [9.17, 15) is 9.59 Å². The number of nitrogens with zero attached hydrogens (tertiary/aromatic N) is 3. The molecule has 0 radical (unpaired) electrons. The summed E-state index contributed by atoms with van der Waals surface area (Å²) in [5.41, 5.74) is 0.370. The Labute approximate surface area is 153 Å². The first-order chi connectivity index (χ1) is 12.5. The summed E-state index contributed by atoms with van der Waals surface area (Å²) < 4.78 is 7.18. The number of furan rings is 1. The minimum Gasteiger partial charge on any atom is -0.467 e. The second-order valence-corrected chi connectivity index (χ2v) is 7.14. The van der Waals surface area contributed by atoms with Crippen LogP contribution in [0.15, 0.2) is 29.0 Å². The summed E-state index contributed by atoms with van der Waals surface area (Å²) in [6.07, 6.45) is 4.78. The number of carbonyl (C=O) groups excluding carboxylic acids is 2. The first kappa shape index (κ1) is 18.2. The third kappa shape index (κ3) is 3.98. The summed E-state index contributed by atoms with van der Waals surface area (Å²) in [6.45, 7) is 7.83. The first-order valence-corrected chi connectivity index (χ1v) is 9.13. The van der Waals surface area contributed by atoms with Crippen LogP contribution in [-0.4, -0.2) is 32.8 Å². The molecule has 1 N–H and O–H groups in total. The molecule has 0 aliphatic carbocycles. The minimum absolute atomic E-state index is 0.130. The number of aromatic nitrogens is 2. The minimum atomic E-state index is -0.242. The molecule has 3 rings (SSSR count). The van der Waals surface area contributed by atoms with Gasteiger partial charge in [0, 0.05) is 25.7 Å². The molecule has 1 aliphatic rings. The van der Waals surface area contributed by atoms with Gasteiger partial charge in [0.05, 0.1) is 18.8 Å². The van der Waals surface area contributed by atoms with Crippen LogP contribution < -0.4 is 5.32 Å². The Morgan fingerprint density at radius 2 is 2.19 bits per heavy atom. The number of imidazole rings is 1. The van der Waals surface area contributed by atoms with E-state index < -0.39 is 0 Å². The molecule has 2 aromatic rings. The number of hydrogen-bond acceptors (Lipinski definition) is 4. The Morgan fingerprint density at radius 3 is 2.88 bits per heavy atom. The van der Waals surface area contributed by atoms with Gasteiger partial charge in [0.15, 0.2) is 0 Å². The van der Waals surface area contributed by atoms with Gasteiger partial charge in [-0.1, -0.05) is 13.8 Å². The van der Waals surface area contributed by atoms with Gasteiger partial charge in [0.25, 0.3) is 5.91 Å². The van der Waals surface area contributed by atoms with Gasteiger partial charge in [-0.15, -0.1) is 0 Å². The number of fused-ring (bicyclic) bond motifs is 1. The van der Waals surface area contributed by atoms with Crippen LogP contribution >= 0.6 is 0 Å². The largest absolute Gasteiger partial charge is 0.467 e.